The van der Waals surface area contributed by atoms with E-state index in [0.717, 1.165) is 55.8 Å². The molecule has 0 spiro atoms. The summed E-state index contributed by atoms with van der Waals surface area (Å²) in [5.41, 5.74) is 1.03. The van der Waals surface area contributed by atoms with Crippen molar-refractivity contribution < 1.29 is 13.7 Å². The number of halogens is 1. The van der Waals surface area contributed by atoms with Crippen molar-refractivity contribution in [2.24, 2.45) is 11.8 Å². The van der Waals surface area contributed by atoms with Crippen LogP contribution in [0.2, 0.25) is 0 Å². The molecule has 2 heterocycles. The minimum Gasteiger partial charge on any atom is -0.490 e. The Balaban J connectivity index is 1.29. The molecule has 4 rings (SSSR count). The molecule has 2 aliphatic rings. The molecule has 0 radical (unpaired) electrons. The van der Waals surface area contributed by atoms with Crippen molar-refractivity contribution in [1.29, 1.82) is 0 Å². The minimum atomic E-state index is -0.236. The van der Waals surface area contributed by atoms with Gasteiger partial charge in [0.05, 0.1) is 17.6 Å². The highest BCUT2D eigenvalue weighted by Gasteiger charge is 2.42. The molecule has 2 aromatic rings. The topological polar surface area (TPSA) is 61.4 Å². The van der Waals surface area contributed by atoms with Gasteiger partial charge in [-0.3, -0.25) is 5.10 Å². The number of aromatic nitrogens is 2. The Morgan fingerprint density at radius 3 is 2.60 bits per heavy atom. The van der Waals surface area contributed by atoms with Crippen LogP contribution in [0, 0.1) is 17.7 Å². The summed E-state index contributed by atoms with van der Waals surface area (Å²) < 4.78 is 28.6. The Morgan fingerprint density at radius 1 is 1.28 bits per heavy atom. The molecule has 2 fully saturated rings. The molecule has 5 nitrogen and oxygen atoms in total. The van der Waals surface area contributed by atoms with Crippen LogP contribution in [0.3, 0.4) is 0 Å². The zero-order valence-electron chi connectivity index (χ0n) is 13.8. The number of aromatic amines is 1. The first kappa shape index (κ1) is 16.9. The van der Waals surface area contributed by atoms with Crippen LogP contribution in [0.15, 0.2) is 36.7 Å². The van der Waals surface area contributed by atoms with Crippen LogP contribution >= 0.6 is 12.0 Å². The van der Waals surface area contributed by atoms with E-state index in [4.69, 9.17) is 4.74 Å². The summed E-state index contributed by atoms with van der Waals surface area (Å²) in [4.78, 5) is 2.43. The summed E-state index contributed by atoms with van der Waals surface area (Å²) in [6, 6.07) is 6.28. The first-order valence-corrected chi connectivity index (χ1v) is 9.48. The summed E-state index contributed by atoms with van der Waals surface area (Å²) in [5, 5.41) is 6.81. The summed E-state index contributed by atoms with van der Waals surface area (Å²) in [6.07, 6.45) is 5.93. The van der Waals surface area contributed by atoms with E-state index in [1.165, 1.54) is 12.1 Å². The molecule has 1 aliphatic carbocycles. The van der Waals surface area contributed by atoms with Gasteiger partial charge in [-0.15, -0.1) is 0 Å². The smallest absolute Gasteiger partial charge is 0.123 e. The molecular weight excluding hydrogens is 341 g/mol. The lowest BCUT2D eigenvalue weighted by Gasteiger charge is -2.23. The number of fused-ring (bicyclic) bond motifs is 1. The van der Waals surface area contributed by atoms with Gasteiger partial charge in [0, 0.05) is 31.4 Å². The highest BCUT2D eigenvalue weighted by Crippen LogP contribution is 2.41. The third-order valence-corrected chi connectivity index (χ3v) is 6.02. The standard InChI is InChI=1S/C18H22FN3O2S/c19-15-1-3-16(4-2-15)24-17-5-12-9-22(10-13(12)6-17)11-18(25-23)14-7-20-21-8-14/h1-4,7-8,12-13,17-18,23H,5-6,9-11H2,(H,20,21)/t12-,13+,17?,18?. The average Bonchev–Trinajstić information content (AvgIpc) is 3.31. The fourth-order valence-corrected chi connectivity index (χ4v) is 4.69. The molecule has 1 aromatic heterocycles. The van der Waals surface area contributed by atoms with E-state index in [1.54, 1.807) is 18.3 Å². The Labute approximate surface area is 150 Å². The van der Waals surface area contributed by atoms with Gasteiger partial charge in [0.1, 0.15) is 11.6 Å². The summed E-state index contributed by atoms with van der Waals surface area (Å²) in [5.74, 6) is 1.79. The van der Waals surface area contributed by atoms with Crippen LogP contribution in [-0.4, -0.2) is 45.4 Å². The maximum absolute atomic E-state index is 13.0. The second-order valence-electron chi connectivity index (χ2n) is 7.03. The van der Waals surface area contributed by atoms with Crippen LogP contribution < -0.4 is 4.74 Å². The van der Waals surface area contributed by atoms with Gasteiger partial charge in [0.15, 0.2) is 0 Å². The molecule has 0 amide bonds. The fourth-order valence-electron chi connectivity index (χ4n) is 4.16. The van der Waals surface area contributed by atoms with E-state index < -0.39 is 0 Å². The van der Waals surface area contributed by atoms with Gasteiger partial charge in [-0.2, -0.15) is 5.10 Å². The van der Waals surface area contributed by atoms with Crippen molar-refractivity contribution >= 4 is 12.0 Å². The van der Waals surface area contributed by atoms with Crippen molar-refractivity contribution in [3.63, 3.8) is 0 Å². The van der Waals surface area contributed by atoms with Crippen LogP contribution in [0.4, 0.5) is 4.39 Å². The van der Waals surface area contributed by atoms with Crippen LogP contribution in [-0.2, 0) is 0 Å². The Bertz CT molecular complexity index is 668. The van der Waals surface area contributed by atoms with Crippen molar-refractivity contribution in [3.8, 4) is 5.75 Å². The zero-order chi connectivity index (χ0) is 17.2. The number of hydrogen-bond donors (Lipinski definition) is 2. The molecule has 1 saturated heterocycles. The molecule has 1 aromatic carbocycles. The first-order valence-electron chi connectivity index (χ1n) is 8.64. The summed E-state index contributed by atoms with van der Waals surface area (Å²) >= 11 is 0.889. The summed E-state index contributed by atoms with van der Waals surface area (Å²) in [6.45, 7) is 2.92. The van der Waals surface area contributed by atoms with Crippen molar-refractivity contribution in [3.05, 3.63) is 48.0 Å². The highest BCUT2D eigenvalue weighted by atomic mass is 32.2. The van der Waals surface area contributed by atoms with Gasteiger partial charge in [-0.1, -0.05) is 0 Å². The van der Waals surface area contributed by atoms with E-state index in [2.05, 4.69) is 15.1 Å². The normalized spacial score (nSPS) is 27.4. The monoisotopic (exact) mass is 363 g/mol. The predicted octanol–water partition coefficient (Wildman–Crippen LogP) is 3.59. The molecule has 0 bridgehead atoms. The molecule has 2 unspecified atom stereocenters. The number of benzene rings is 1. The molecule has 4 atom stereocenters. The van der Waals surface area contributed by atoms with Gasteiger partial charge in [-0.25, -0.2) is 4.39 Å². The summed E-state index contributed by atoms with van der Waals surface area (Å²) in [7, 11) is 0. The third kappa shape index (κ3) is 3.83. The lowest BCUT2D eigenvalue weighted by atomic mass is 10.0. The largest absolute Gasteiger partial charge is 0.490 e. The van der Waals surface area contributed by atoms with E-state index >= 15 is 0 Å². The second kappa shape index (κ2) is 7.35. The Kier molecular flexibility index (Phi) is 4.96. The van der Waals surface area contributed by atoms with E-state index in [9.17, 15) is 8.94 Å². The molecular formula is C18H22FN3O2S. The fraction of sp³-hybridized carbons (Fsp3) is 0.500. The van der Waals surface area contributed by atoms with Crippen molar-refractivity contribution in [2.75, 3.05) is 19.6 Å². The van der Waals surface area contributed by atoms with Crippen molar-refractivity contribution in [2.45, 2.75) is 24.2 Å². The van der Waals surface area contributed by atoms with Gasteiger partial charge in [0.2, 0.25) is 0 Å². The first-order chi connectivity index (χ1) is 12.2. The quantitative estimate of drug-likeness (QED) is 0.768. The molecule has 1 saturated carbocycles. The maximum Gasteiger partial charge on any atom is 0.123 e. The zero-order valence-corrected chi connectivity index (χ0v) is 14.7. The lowest BCUT2D eigenvalue weighted by molar-refractivity contribution is 0.185. The Hall–Kier alpha value is -1.57. The van der Waals surface area contributed by atoms with Gasteiger partial charge >= 0.3 is 0 Å². The number of likely N-dealkylation sites (tertiary alicyclic amines) is 1. The van der Waals surface area contributed by atoms with Crippen LogP contribution in [0.1, 0.15) is 23.7 Å². The number of hydrogen-bond acceptors (Lipinski definition) is 5. The molecule has 7 heteroatoms. The highest BCUT2D eigenvalue weighted by molar-refractivity contribution is 7.94. The van der Waals surface area contributed by atoms with Gasteiger partial charge in [0.25, 0.3) is 0 Å². The molecule has 25 heavy (non-hydrogen) atoms. The number of H-pyrrole nitrogens is 1. The SMILES string of the molecule is OSC(CN1C[C@H]2CC(Oc3ccc(F)cc3)C[C@H]2C1)c1cn[nH]c1. The minimum absolute atomic E-state index is 0.0313. The Morgan fingerprint density at radius 2 is 2.00 bits per heavy atom. The second-order valence-corrected chi connectivity index (χ2v) is 7.81. The van der Waals surface area contributed by atoms with Gasteiger partial charge in [-0.05, 0) is 61.0 Å². The van der Waals surface area contributed by atoms with Crippen LogP contribution in [0.25, 0.3) is 0 Å². The molecule has 2 N–H and O–H groups in total. The average molecular weight is 363 g/mol. The lowest BCUT2D eigenvalue weighted by Crippen LogP contribution is -2.28. The molecule has 1 aliphatic heterocycles. The third-order valence-electron chi connectivity index (χ3n) is 5.34. The van der Waals surface area contributed by atoms with E-state index in [0.29, 0.717) is 11.8 Å². The number of rotatable bonds is 6. The maximum atomic E-state index is 13.0. The number of ether oxygens (including phenoxy) is 1. The van der Waals surface area contributed by atoms with E-state index in [-0.39, 0.29) is 17.2 Å². The van der Waals surface area contributed by atoms with E-state index in [1.807, 2.05) is 6.20 Å². The van der Waals surface area contributed by atoms with Crippen LogP contribution in [0.5, 0.6) is 5.75 Å². The predicted molar refractivity (Wildman–Crippen MR) is 95.0 cm³/mol. The van der Waals surface area contributed by atoms with Crippen molar-refractivity contribution in [1.82, 2.24) is 15.1 Å². The number of nitrogens with one attached hydrogen (secondary N) is 1. The van der Waals surface area contributed by atoms with Gasteiger partial charge < -0.3 is 14.2 Å². The number of nitrogens with zero attached hydrogens (tertiary/aromatic N) is 2. The molecule has 134 valence electrons.